The average molecular weight is 442 g/mol. The molecule has 0 saturated heterocycles. The van der Waals surface area contributed by atoms with Crippen molar-refractivity contribution in [2.45, 2.75) is 65.4 Å². The van der Waals surface area contributed by atoms with Crippen LogP contribution in [-0.4, -0.2) is 20.6 Å². The third kappa shape index (κ3) is 5.35. The van der Waals surface area contributed by atoms with Crippen LogP contribution in [0, 0.1) is 5.82 Å². The van der Waals surface area contributed by atoms with E-state index in [9.17, 15) is 18.8 Å². The summed E-state index contributed by atoms with van der Waals surface area (Å²) in [4.78, 5) is 17.2. The Hall–Kier alpha value is -1.52. The lowest BCUT2D eigenvalue weighted by Gasteiger charge is -2.23. The fourth-order valence-electron chi connectivity index (χ4n) is 3.19. The van der Waals surface area contributed by atoms with Crippen molar-refractivity contribution >= 4 is 33.8 Å². The van der Waals surface area contributed by atoms with Gasteiger partial charge in [0, 0.05) is 0 Å². The molecule has 0 saturated carbocycles. The van der Waals surface area contributed by atoms with E-state index in [1.807, 2.05) is 27.7 Å². The van der Waals surface area contributed by atoms with Crippen LogP contribution < -0.4 is 9.44 Å². The Morgan fingerprint density at radius 3 is 2.41 bits per heavy atom. The van der Waals surface area contributed by atoms with Gasteiger partial charge in [-0.25, -0.2) is 9.37 Å². The molecule has 160 valence electrons. The zero-order chi connectivity index (χ0) is 22.1. The Balaban J connectivity index is 2.48. The lowest BCUT2D eigenvalue weighted by atomic mass is 9.86. The second-order valence-electron chi connectivity index (χ2n) is 8.04. The monoisotopic (exact) mass is 441 g/mol. The van der Waals surface area contributed by atoms with E-state index in [1.165, 1.54) is 12.3 Å². The van der Waals surface area contributed by atoms with Crippen molar-refractivity contribution in [3.63, 3.8) is 0 Å². The second kappa shape index (κ2) is 9.09. The summed E-state index contributed by atoms with van der Waals surface area (Å²) in [5, 5.41) is 16.3. The average Bonchev–Trinajstić information content (AvgIpc) is 3.03. The van der Waals surface area contributed by atoms with Crippen LogP contribution in [0.5, 0.6) is 0 Å². The molecule has 1 amide bonds. The summed E-state index contributed by atoms with van der Waals surface area (Å²) in [5.41, 5.74) is 0.746. The molecule has 2 rings (SSSR count). The molecule has 1 atom stereocenters. The Morgan fingerprint density at radius 2 is 1.97 bits per heavy atom. The normalized spacial score (nSPS) is 13.2. The van der Waals surface area contributed by atoms with E-state index in [1.54, 1.807) is 19.9 Å². The van der Waals surface area contributed by atoms with Crippen LogP contribution in [0.25, 0.3) is 0 Å². The molecule has 0 fully saturated rings. The predicted octanol–water partition coefficient (Wildman–Crippen LogP) is 3.87. The molecule has 1 heterocycles. The van der Waals surface area contributed by atoms with Crippen LogP contribution in [0.4, 0.5) is 9.39 Å². The van der Waals surface area contributed by atoms with Crippen molar-refractivity contribution in [3.05, 3.63) is 45.8 Å². The molecular formula is C20H28FN3O3S2. The van der Waals surface area contributed by atoms with Crippen molar-refractivity contribution < 1.29 is 18.8 Å². The molecule has 0 bridgehead atoms. The van der Waals surface area contributed by atoms with Crippen LogP contribution in [0.1, 0.15) is 75.1 Å². The third-order valence-electron chi connectivity index (χ3n) is 4.49. The number of nitrogens with two attached hydrogens (primary N) is 1. The van der Waals surface area contributed by atoms with E-state index >= 15 is 0 Å². The van der Waals surface area contributed by atoms with Gasteiger partial charge in [0.1, 0.15) is 16.4 Å². The first kappa shape index (κ1) is 23.8. The molecular weight excluding hydrogens is 413 g/mol. The topological polar surface area (TPSA) is 103 Å². The molecule has 3 N–H and O–H groups in total. The number of amides is 1. The van der Waals surface area contributed by atoms with Crippen molar-refractivity contribution in [3.8, 4) is 0 Å². The quantitative estimate of drug-likeness (QED) is 0.635. The first-order chi connectivity index (χ1) is 13.3. The number of anilines is 1. The van der Waals surface area contributed by atoms with Crippen molar-refractivity contribution in [2.24, 2.45) is 5.14 Å². The first-order valence-corrected chi connectivity index (χ1v) is 11.3. The standard InChI is InChI=1S/C20H28FN3O3S2/c1-11(2)13-7-8-15(21)18(12(3)4)14(13)9-16(25)24(29(22)27)17-10-23-19(28-17)20(5,6)26/h7-8,10-12,26H,9,22H2,1-6H3/t29-/m1/s1. The second-order valence-corrected chi connectivity index (χ2v) is 9.97. The number of benzene rings is 1. The molecule has 0 aliphatic rings. The first-order valence-electron chi connectivity index (χ1n) is 9.33. The van der Waals surface area contributed by atoms with Gasteiger partial charge in [-0.2, -0.15) is 0 Å². The maximum absolute atomic E-state index is 14.6. The Morgan fingerprint density at radius 1 is 1.34 bits per heavy atom. The molecule has 0 aliphatic carbocycles. The minimum absolute atomic E-state index is 0.0814. The summed E-state index contributed by atoms with van der Waals surface area (Å²) in [5.74, 6) is -0.933. The number of hydrogen-bond donors (Lipinski definition) is 2. The van der Waals surface area contributed by atoms with E-state index in [-0.39, 0.29) is 29.1 Å². The van der Waals surface area contributed by atoms with Gasteiger partial charge >= 0.3 is 0 Å². The fourth-order valence-corrected chi connectivity index (χ4v) is 4.86. The van der Waals surface area contributed by atoms with E-state index < -0.39 is 23.1 Å². The number of carbonyl (C=O) groups is 1. The van der Waals surface area contributed by atoms with Gasteiger partial charge in [0.2, 0.25) is 0 Å². The highest BCUT2D eigenvalue weighted by Gasteiger charge is 2.32. The number of halogens is 1. The Labute approximate surface area is 178 Å². The lowest BCUT2D eigenvalue weighted by Crippen LogP contribution is -2.42. The van der Waals surface area contributed by atoms with Gasteiger partial charge in [0.25, 0.3) is 5.91 Å². The van der Waals surface area contributed by atoms with Gasteiger partial charge in [-0.15, -0.1) is 5.14 Å². The number of aromatic nitrogens is 1. The van der Waals surface area contributed by atoms with Crippen LogP contribution in [0.15, 0.2) is 18.3 Å². The van der Waals surface area contributed by atoms with Gasteiger partial charge in [-0.1, -0.05) is 49.4 Å². The van der Waals surface area contributed by atoms with Gasteiger partial charge in [0.15, 0.2) is 16.5 Å². The van der Waals surface area contributed by atoms with Gasteiger partial charge < -0.3 is 9.66 Å². The van der Waals surface area contributed by atoms with Gasteiger partial charge in [-0.3, -0.25) is 4.79 Å². The summed E-state index contributed by atoms with van der Waals surface area (Å²) in [6, 6.07) is 3.12. The van der Waals surface area contributed by atoms with Crippen molar-refractivity contribution in [1.29, 1.82) is 0 Å². The molecule has 6 nitrogen and oxygen atoms in total. The Kier molecular flexibility index (Phi) is 7.45. The van der Waals surface area contributed by atoms with Gasteiger partial charge in [0.05, 0.1) is 12.6 Å². The predicted molar refractivity (Wildman–Crippen MR) is 115 cm³/mol. The van der Waals surface area contributed by atoms with Gasteiger partial charge in [-0.05, 0) is 48.4 Å². The SMILES string of the molecule is CC(C)c1ccc(F)c(C(C)C)c1CC(=O)N(c1cnc(C(C)(C)O)s1)[S@@+](N)[O-]. The van der Waals surface area contributed by atoms with E-state index in [4.69, 9.17) is 5.14 Å². The molecule has 0 aliphatic heterocycles. The maximum Gasteiger partial charge on any atom is 0.276 e. The largest absolute Gasteiger partial charge is 0.573 e. The summed E-state index contributed by atoms with van der Waals surface area (Å²) >= 11 is -1.10. The van der Waals surface area contributed by atoms with Crippen LogP contribution in [0.2, 0.25) is 0 Å². The Bertz CT molecular complexity index is 876. The molecule has 1 aromatic carbocycles. The zero-order valence-electron chi connectivity index (χ0n) is 17.5. The smallest absolute Gasteiger partial charge is 0.276 e. The highest BCUT2D eigenvalue weighted by atomic mass is 32.2. The molecule has 0 radical (unpaired) electrons. The summed E-state index contributed by atoms with van der Waals surface area (Å²) in [6.07, 6.45) is 1.22. The lowest BCUT2D eigenvalue weighted by molar-refractivity contribution is -0.116. The van der Waals surface area contributed by atoms with Crippen LogP contribution in [0.3, 0.4) is 0 Å². The van der Waals surface area contributed by atoms with Crippen molar-refractivity contribution in [1.82, 2.24) is 4.98 Å². The molecule has 0 spiro atoms. The number of aliphatic hydroxyl groups is 1. The molecule has 2 aromatic rings. The third-order valence-corrected chi connectivity index (χ3v) is 6.66. The minimum Gasteiger partial charge on any atom is -0.573 e. The summed E-state index contributed by atoms with van der Waals surface area (Å²) in [7, 11) is 0. The zero-order valence-corrected chi connectivity index (χ0v) is 19.2. The molecule has 29 heavy (non-hydrogen) atoms. The molecule has 9 heteroatoms. The minimum atomic E-state index is -2.13. The summed E-state index contributed by atoms with van der Waals surface area (Å²) < 4.78 is 27.7. The van der Waals surface area contributed by atoms with E-state index in [0.29, 0.717) is 16.1 Å². The number of hydrogen-bond acceptors (Lipinski definition) is 6. The number of thiazole rings is 1. The number of carbonyl (C=O) groups excluding carboxylic acids is 1. The fraction of sp³-hybridized carbons (Fsp3) is 0.500. The highest BCUT2D eigenvalue weighted by molar-refractivity contribution is 7.91. The molecule has 0 unspecified atom stereocenters. The molecule has 1 aromatic heterocycles. The number of nitrogens with zero attached hydrogens (tertiary/aromatic N) is 2. The maximum atomic E-state index is 14.6. The number of rotatable bonds is 7. The van der Waals surface area contributed by atoms with E-state index in [0.717, 1.165) is 21.2 Å². The highest BCUT2D eigenvalue weighted by Crippen LogP contribution is 2.34. The van der Waals surface area contributed by atoms with E-state index in [2.05, 4.69) is 4.98 Å². The van der Waals surface area contributed by atoms with Crippen LogP contribution >= 0.6 is 11.3 Å². The van der Waals surface area contributed by atoms with Crippen LogP contribution in [-0.2, 0) is 28.4 Å². The summed E-state index contributed by atoms with van der Waals surface area (Å²) in [6.45, 7) is 10.8. The van der Waals surface area contributed by atoms with Crippen molar-refractivity contribution in [2.75, 3.05) is 4.31 Å².